The Hall–Kier alpha value is -1.53. The van der Waals surface area contributed by atoms with E-state index in [0.29, 0.717) is 5.69 Å². The molecule has 0 aliphatic carbocycles. The average Bonchev–Trinajstić information content (AvgIpc) is 2.61. The molecule has 0 aliphatic heterocycles. The first-order valence-electron chi connectivity index (χ1n) is 7.62. The van der Waals surface area contributed by atoms with E-state index in [0.717, 1.165) is 15.7 Å². The highest BCUT2D eigenvalue weighted by Gasteiger charge is 2.20. The van der Waals surface area contributed by atoms with Gasteiger partial charge in [0.15, 0.2) is 11.6 Å². The zero-order valence-electron chi connectivity index (χ0n) is 14.1. The van der Waals surface area contributed by atoms with Crippen molar-refractivity contribution < 1.29 is 28.3 Å². The van der Waals surface area contributed by atoms with Gasteiger partial charge in [-0.05, 0) is 52.9 Å². The van der Waals surface area contributed by atoms with Gasteiger partial charge in [0.2, 0.25) is 0 Å². The molecule has 0 aliphatic rings. The maximum Gasteiger partial charge on any atom is 0.277 e. The molecule has 1 atom stereocenters. The molecular formula is C17H16ClF2IN2O4. The van der Waals surface area contributed by atoms with E-state index in [2.05, 4.69) is 33.4 Å². The zero-order valence-corrected chi connectivity index (χ0v) is 17.0. The Kier molecular flexibility index (Phi) is 8.17. The van der Waals surface area contributed by atoms with Crippen LogP contribution in [0.15, 0.2) is 30.3 Å². The van der Waals surface area contributed by atoms with Crippen LogP contribution in [0.25, 0.3) is 0 Å². The topological polar surface area (TPSA) is 79.8 Å². The Morgan fingerprint density at radius 3 is 2.70 bits per heavy atom. The maximum atomic E-state index is 14.3. The summed E-state index contributed by atoms with van der Waals surface area (Å²) in [5, 5.41) is 12.4. The van der Waals surface area contributed by atoms with Gasteiger partial charge in [-0.3, -0.25) is 9.63 Å². The Bertz CT molecular complexity index is 826. The van der Waals surface area contributed by atoms with Crippen LogP contribution in [0.2, 0.25) is 5.02 Å². The standard InChI is InChI=1S/C17H16ClF2IN2O4/c1-26-7-10(24)8-27-23-17(25)11-3-4-13(19)15(20)16(11)22-14-5-2-9(21)6-12(14)18/h2-6,10,22,24H,7-8H2,1H3,(H,23,25). The second-order valence-corrected chi connectivity index (χ2v) is 7.04. The minimum Gasteiger partial charge on any atom is -0.388 e. The van der Waals surface area contributed by atoms with Crippen molar-refractivity contribution in [2.45, 2.75) is 6.10 Å². The number of amides is 1. The lowest BCUT2D eigenvalue weighted by Gasteiger charge is -2.15. The third kappa shape index (κ3) is 5.98. The fraction of sp³-hybridized carbons (Fsp3) is 0.235. The molecule has 0 fully saturated rings. The molecule has 1 unspecified atom stereocenters. The summed E-state index contributed by atoms with van der Waals surface area (Å²) >= 11 is 8.16. The average molecular weight is 513 g/mol. The molecule has 0 radical (unpaired) electrons. The molecule has 2 aromatic carbocycles. The minimum atomic E-state index is -1.24. The van der Waals surface area contributed by atoms with Gasteiger partial charge >= 0.3 is 0 Å². The highest BCUT2D eigenvalue weighted by molar-refractivity contribution is 14.1. The van der Waals surface area contributed by atoms with Crippen LogP contribution < -0.4 is 10.8 Å². The lowest BCUT2D eigenvalue weighted by atomic mass is 10.1. The van der Waals surface area contributed by atoms with Crippen molar-refractivity contribution in [2.75, 3.05) is 25.6 Å². The van der Waals surface area contributed by atoms with Crippen molar-refractivity contribution in [3.05, 3.63) is 56.1 Å². The predicted molar refractivity (Wildman–Crippen MR) is 105 cm³/mol. The molecule has 146 valence electrons. The van der Waals surface area contributed by atoms with Gasteiger partial charge in [-0.25, -0.2) is 14.3 Å². The van der Waals surface area contributed by atoms with Gasteiger partial charge in [0.05, 0.1) is 28.6 Å². The van der Waals surface area contributed by atoms with E-state index in [1.165, 1.54) is 7.11 Å². The fourth-order valence-electron chi connectivity index (χ4n) is 2.09. The third-order valence-corrected chi connectivity index (χ3v) is 4.31. The molecule has 10 heteroatoms. The number of hydrogen-bond acceptors (Lipinski definition) is 5. The minimum absolute atomic E-state index is 0.0131. The number of halogens is 4. The summed E-state index contributed by atoms with van der Waals surface area (Å²) in [6, 6.07) is 6.85. The number of ether oxygens (including phenoxy) is 1. The summed E-state index contributed by atoms with van der Waals surface area (Å²) < 4.78 is 33.6. The molecule has 1 amide bonds. The first-order chi connectivity index (χ1) is 12.8. The third-order valence-electron chi connectivity index (χ3n) is 3.33. The van der Waals surface area contributed by atoms with Crippen molar-refractivity contribution in [1.29, 1.82) is 0 Å². The summed E-state index contributed by atoms with van der Waals surface area (Å²) in [4.78, 5) is 17.2. The molecule has 0 heterocycles. The number of methoxy groups -OCH3 is 1. The van der Waals surface area contributed by atoms with Gasteiger partial charge < -0.3 is 15.2 Å². The summed E-state index contributed by atoms with van der Waals surface area (Å²) in [5.41, 5.74) is 1.77. The molecule has 2 rings (SSSR count). The zero-order chi connectivity index (χ0) is 20.0. The van der Waals surface area contributed by atoms with E-state index in [-0.39, 0.29) is 23.8 Å². The summed E-state index contributed by atoms with van der Waals surface area (Å²) in [7, 11) is 1.40. The number of carbonyl (C=O) groups is 1. The number of nitrogens with one attached hydrogen (secondary N) is 2. The Morgan fingerprint density at radius 2 is 2.04 bits per heavy atom. The lowest BCUT2D eigenvalue weighted by molar-refractivity contribution is -0.0365. The second-order valence-electron chi connectivity index (χ2n) is 5.38. The number of benzene rings is 2. The first-order valence-corrected chi connectivity index (χ1v) is 9.08. The maximum absolute atomic E-state index is 14.3. The van der Waals surface area contributed by atoms with Crippen molar-refractivity contribution >= 4 is 51.5 Å². The van der Waals surface area contributed by atoms with Gasteiger partial charge in [0.1, 0.15) is 12.7 Å². The van der Waals surface area contributed by atoms with Crippen LogP contribution >= 0.6 is 34.2 Å². The molecule has 0 bridgehead atoms. The van der Waals surface area contributed by atoms with E-state index >= 15 is 0 Å². The number of rotatable bonds is 8. The molecule has 0 saturated heterocycles. The molecule has 0 aromatic heterocycles. The molecule has 27 heavy (non-hydrogen) atoms. The van der Waals surface area contributed by atoms with Crippen molar-refractivity contribution in [2.24, 2.45) is 0 Å². The van der Waals surface area contributed by atoms with Crippen LogP contribution in [0.5, 0.6) is 0 Å². The van der Waals surface area contributed by atoms with E-state index in [1.807, 2.05) is 0 Å². The number of hydrogen-bond donors (Lipinski definition) is 3. The fourth-order valence-corrected chi connectivity index (χ4v) is 2.99. The lowest BCUT2D eigenvalue weighted by Crippen LogP contribution is -2.30. The van der Waals surface area contributed by atoms with Crippen molar-refractivity contribution in [3.8, 4) is 0 Å². The highest BCUT2D eigenvalue weighted by atomic mass is 127. The largest absolute Gasteiger partial charge is 0.388 e. The molecule has 2 aromatic rings. The monoisotopic (exact) mass is 512 g/mol. The summed E-state index contributed by atoms with van der Waals surface area (Å²) in [6.45, 7) is -0.228. The quantitative estimate of drug-likeness (QED) is 0.372. The Morgan fingerprint density at radius 1 is 1.30 bits per heavy atom. The molecule has 3 N–H and O–H groups in total. The van der Waals surface area contributed by atoms with Crippen LogP contribution in [0.1, 0.15) is 10.4 Å². The normalized spacial score (nSPS) is 11.9. The van der Waals surface area contributed by atoms with Crippen LogP contribution in [-0.2, 0) is 9.57 Å². The van der Waals surface area contributed by atoms with Crippen LogP contribution in [0, 0.1) is 15.2 Å². The van der Waals surface area contributed by atoms with Crippen LogP contribution in [0.3, 0.4) is 0 Å². The highest BCUT2D eigenvalue weighted by Crippen LogP contribution is 2.31. The van der Waals surface area contributed by atoms with E-state index in [4.69, 9.17) is 21.2 Å². The molecule has 6 nitrogen and oxygen atoms in total. The van der Waals surface area contributed by atoms with Gasteiger partial charge in [-0.2, -0.15) is 0 Å². The van der Waals surface area contributed by atoms with Gasteiger partial charge in [-0.1, -0.05) is 11.6 Å². The molecule has 0 saturated carbocycles. The second kappa shape index (κ2) is 10.1. The van der Waals surface area contributed by atoms with Crippen molar-refractivity contribution in [3.63, 3.8) is 0 Å². The number of carbonyl (C=O) groups excluding carboxylic acids is 1. The van der Waals surface area contributed by atoms with Crippen LogP contribution in [-0.4, -0.2) is 37.4 Å². The number of anilines is 2. The molecule has 0 spiro atoms. The number of aliphatic hydroxyl groups is 1. The van der Waals surface area contributed by atoms with Crippen molar-refractivity contribution in [1.82, 2.24) is 5.48 Å². The number of aliphatic hydroxyl groups excluding tert-OH is 1. The number of hydroxylamine groups is 1. The van der Waals surface area contributed by atoms with Crippen LogP contribution in [0.4, 0.5) is 20.2 Å². The predicted octanol–water partition coefficient (Wildman–Crippen LogP) is 3.64. The van der Waals surface area contributed by atoms with Gasteiger partial charge in [0.25, 0.3) is 5.91 Å². The van der Waals surface area contributed by atoms with E-state index in [9.17, 15) is 18.7 Å². The van der Waals surface area contributed by atoms with E-state index in [1.54, 1.807) is 18.2 Å². The first kappa shape index (κ1) is 21.8. The molecular weight excluding hydrogens is 497 g/mol. The summed E-state index contributed by atoms with van der Waals surface area (Å²) in [5.74, 6) is -3.20. The van der Waals surface area contributed by atoms with Gasteiger partial charge in [0, 0.05) is 10.7 Å². The Balaban J connectivity index is 2.21. The van der Waals surface area contributed by atoms with Gasteiger partial charge in [-0.15, -0.1) is 0 Å². The SMILES string of the molecule is COCC(O)CONC(=O)c1ccc(F)c(F)c1Nc1ccc(I)cc1Cl. The summed E-state index contributed by atoms with van der Waals surface area (Å²) in [6.07, 6.45) is -0.955. The smallest absolute Gasteiger partial charge is 0.277 e. The Labute approximate surface area is 172 Å². The van der Waals surface area contributed by atoms with E-state index < -0.39 is 29.3 Å².